The maximum atomic E-state index is 12.4. The number of carbonyl (C=O) groups excluding carboxylic acids is 2. The van der Waals surface area contributed by atoms with Crippen LogP contribution < -0.4 is 10.6 Å². The summed E-state index contributed by atoms with van der Waals surface area (Å²) in [7, 11) is 4.21. The van der Waals surface area contributed by atoms with E-state index in [1.165, 1.54) is 22.3 Å². The molecule has 2 N–H and O–H groups in total. The first-order valence-electron chi connectivity index (χ1n) is 26.2. The summed E-state index contributed by atoms with van der Waals surface area (Å²) in [6.45, 7) is 8.90. The molecule has 2 aliphatic heterocycles. The third-order valence-electron chi connectivity index (χ3n) is 13.6. The monoisotopic (exact) mass is 1120 g/mol. The molecule has 2 aromatic heterocycles. The van der Waals surface area contributed by atoms with Crippen molar-refractivity contribution < 1.29 is 28.5 Å². The Hall–Kier alpha value is -4.98. The molecule has 2 aliphatic rings. The number of unbranched alkanes of at least 4 members (excludes halogenated alkanes) is 2. The van der Waals surface area contributed by atoms with Crippen molar-refractivity contribution >= 4 is 58.2 Å². The fourth-order valence-electron chi connectivity index (χ4n) is 9.75. The molecule has 406 valence electrons. The molecule has 0 saturated carbocycles. The number of nitrogens with one attached hydrogen (secondary N) is 2. The van der Waals surface area contributed by atoms with E-state index in [4.69, 9.17) is 65.4 Å². The van der Waals surface area contributed by atoms with E-state index in [9.17, 15) is 9.59 Å². The average molecular weight is 1120 g/mol. The summed E-state index contributed by atoms with van der Waals surface area (Å²) in [5, 5.41) is 25.8. The number of aromatic nitrogens is 6. The first-order chi connectivity index (χ1) is 37.0. The van der Waals surface area contributed by atoms with Crippen LogP contribution in [0.1, 0.15) is 83.7 Å². The third kappa shape index (κ3) is 16.8. The fourth-order valence-corrected chi connectivity index (χ4v) is 10.9. The SMILES string of the molecule is CN1Cc2c(Cl)cc(Cl)cc2[C@H](c2cccc(-c3cn(CCOCCOCCCC(=O)CCCCCNC(=O)NCCOCCOCCn4cc(-c5cccc([C@@H]6CN(C)Cc7c(Cl)cc(Cl)cc76)c5)nn4)nn3)c2)C1. The number of nitrogens with zero attached hydrogens (tertiary/aromatic N) is 8. The Morgan fingerprint density at radius 3 is 1.59 bits per heavy atom. The molecule has 0 saturated heterocycles. The summed E-state index contributed by atoms with van der Waals surface area (Å²) in [6.07, 6.45) is 8.01. The number of ketones is 1. The lowest BCUT2D eigenvalue weighted by atomic mass is 9.84. The van der Waals surface area contributed by atoms with E-state index < -0.39 is 0 Å². The number of carbonyl (C=O) groups is 2. The number of hydrogen-bond donors (Lipinski definition) is 2. The topological polar surface area (TPSA) is 163 Å². The van der Waals surface area contributed by atoms with Gasteiger partial charge in [0.15, 0.2) is 0 Å². The number of hydrogen-bond acceptors (Lipinski definition) is 12. The standard InChI is InChI=1S/C56H68Cl4N10O6/c1-67-33-48(46-29-43(57)31-52(59)50(46)35-67)39-9-6-11-41(27-39)54-37-69(65-63-54)17-21-75-25-23-73-19-8-14-45(71)13-4-3-5-15-61-56(72)62-16-20-74-24-26-76-22-18-70-38-55(64-66-70)42-12-7-10-40(28-42)49-34-68(2)36-51-47(49)30-44(58)32-53(51)60/h6-7,9-12,27-32,37-38,48-49H,3-5,8,13-26,33-36H2,1-2H3,(H2,61,62,72)/t48-,49-/m0/s1. The zero-order valence-corrected chi connectivity index (χ0v) is 46.4. The highest BCUT2D eigenvalue weighted by Crippen LogP contribution is 2.41. The number of ether oxygens (including phenoxy) is 4. The molecular formula is C56H68Cl4N10O6. The predicted octanol–water partition coefficient (Wildman–Crippen LogP) is 9.95. The largest absolute Gasteiger partial charge is 0.379 e. The van der Waals surface area contributed by atoms with Crippen molar-refractivity contribution in [2.24, 2.45) is 0 Å². The molecular weight excluding hydrogens is 1050 g/mol. The minimum atomic E-state index is -0.238. The molecule has 2 amide bonds. The molecule has 0 unspecified atom stereocenters. The van der Waals surface area contributed by atoms with E-state index in [1.54, 1.807) is 9.36 Å². The van der Waals surface area contributed by atoms with Crippen molar-refractivity contribution in [3.8, 4) is 22.5 Å². The van der Waals surface area contributed by atoms with Crippen molar-refractivity contribution in [1.29, 1.82) is 0 Å². The van der Waals surface area contributed by atoms with Gasteiger partial charge in [-0.1, -0.05) is 99.6 Å². The van der Waals surface area contributed by atoms with Gasteiger partial charge in [-0.05, 0) is 103 Å². The van der Waals surface area contributed by atoms with Gasteiger partial charge in [0.1, 0.15) is 17.2 Å². The summed E-state index contributed by atoms with van der Waals surface area (Å²) in [5.74, 6) is 0.501. The van der Waals surface area contributed by atoms with Crippen LogP contribution in [0.25, 0.3) is 22.5 Å². The zero-order valence-electron chi connectivity index (χ0n) is 43.3. The number of amides is 2. The molecule has 76 heavy (non-hydrogen) atoms. The van der Waals surface area contributed by atoms with Gasteiger partial charge in [0.25, 0.3) is 0 Å². The summed E-state index contributed by atoms with van der Waals surface area (Å²) in [6, 6.07) is 24.3. The molecule has 0 radical (unpaired) electrons. The van der Waals surface area contributed by atoms with Crippen LogP contribution in [-0.4, -0.2) is 145 Å². The summed E-state index contributed by atoms with van der Waals surface area (Å²) in [5.41, 5.74) is 10.5. The lowest BCUT2D eigenvalue weighted by Crippen LogP contribution is -2.37. The van der Waals surface area contributed by atoms with Gasteiger partial charge in [-0.2, -0.15) is 0 Å². The highest BCUT2D eigenvalue weighted by Gasteiger charge is 2.29. The number of benzene rings is 4. The van der Waals surface area contributed by atoms with Crippen molar-refractivity contribution in [3.63, 3.8) is 0 Å². The van der Waals surface area contributed by atoms with Crippen molar-refractivity contribution in [2.75, 3.05) is 93.1 Å². The maximum Gasteiger partial charge on any atom is 0.314 e. The Bertz CT molecular complexity index is 2660. The fraction of sp³-hybridized carbons (Fsp3) is 0.464. The van der Waals surface area contributed by atoms with Crippen LogP contribution in [-0.2, 0) is 49.9 Å². The van der Waals surface area contributed by atoms with Gasteiger partial charge in [0.2, 0.25) is 0 Å². The molecule has 0 fully saturated rings. The lowest BCUT2D eigenvalue weighted by Gasteiger charge is -2.33. The summed E-state index contributed by atoms with van der Waals surface area (Å²) < 4.78 is 26.4. The molecule has 4 aromatic carbocycles. The predicted molar refractivity (Wildman–Crippen MR) is 298 cm³/mol. The van der Waals surface area contributed by atoms with Crippen molar-refractivity contribution in [2.45, 2.75) is 76.5 Å². The number of fused-ring (bicyclic) bond motifs is 2. The van der Waals surface area contributed by atoms with E-state index in [0.29, 0.717) is 118 Å². The third-order valence-corrected chi connectivity index (χ3v) is 14.7. The molecule has 0 aliphatic carbocycles. The highest BCUT2D eigenvalue weighted by molar-refractivity contribution is 6.35. The number of Topliss-reactive ketones (excluding diaryl/α,β-unsaturated/α-hetero) is 1. The molecule has 0 spiro atoms. The van der Waals surface area contributed by atoms with Crippen LogP contribution in [0.15, 0.2) is 85.2 Å². The summed E-state index contributed by atoms with van der Waals surface area (Å²) in [4.78, 5) is 29.1. The van der Waals surface area contributed by atoms with Gasteiger partial charge in [0.05, 0.1) is 71.7 Å². The van der Waals surface area contributed by atoms with Crippen LogP contribution in [0.2, 0.25) is 20.1 Å². The van der Waals surface area contributed by atoms with Gasteiger partial charge in [-0.15, -0.1) is 10.2 Å². The smallest absolute Gasteiger partial charge is 0.314 e. The maximum absolute atomic E-state index is 12.4. The van der Waals surface area contributed by atoms with Crippen LogP contribution >= 0.6 is 46.4 Å². The first-order valence-corrected chi connectivity index (χ1v) is 27.7. The van der Waals surface area contributed by atoms with Gasteiger partial charge < -0.3 is 39.4 Å². The number of halogens is 4. The Kier molecular flexibility index (Phi) is 21.9. The van der Waals surface area contributed by atoms with E-state index in [0.717, 1.165) is 79.1 Å². The van der Waals surface area contributed by atoms with Crippen LogP contribution in [0, 0.1) is 0 Å². The quantitative estimate of drug-likeness (QED) is 0.0428. The molecule has 2 atom stereocenters. The van der Waals surface area contributed by atoms with Crippen molar-refractivity contribution in [1.82, 2.24) is 50.4 Å². The van der Waals surface area contributed by atoms with Crippen LogP contribution in [0.4, 0.5) is 4.79 Å². The Labute approximate surface area is 465 Å². The summed E-state index contributed by atoms with van der Waals surface area (Å²) >= 11 is 26.0. The lowest BCUT2D eigenvalue weighted by molar-refractivity contribution is -0.119. The first kappa shape index (κ1) is 57.2. The van der Waals surface area contributed by atoms with Gasteiger partial charge >= 0.3 is 6.03 Å². The minimum absolute atomic E-state index is 0.134. The van der Waals surface area contributed by atoms with Crippen LogP contribution in [0.5, 0.6) is 0 Å². The molecule has 6 aromatic rings. The second-order valence-corrected chi connectivity index (χ2v) is 21.2. The van der Waals surface area contributed by atoms with E-state index in [1.807, 2.05) is 48.8 Å². The number of rotatable bonds is 29. The molecule has 16 nitrogen and oxygen atoms in total. The Morgan fingerprint density at radius 1 is 0.566 bits per heavy atom. The van der Waals surface area contributed by atoms with Gasteiger partial charge in [-0.3, -0.25) is 4.79 Å². The zero-order chi connectivity index (χ0) is 53.2. The highest BCUT2D eigenvalue weighted by atomic mass is 35.5. The molecule has 8 rings (SSSR count). The van der Waals surface area contributed by atoms with Gasteiger partial charge in [0, 0.05) is 102 Å². The molecule has 4 heterocycles. The Balaban J connectivity index is 0.585. The van der Waals surface area contributed by atoms with Gasteiger partial charge in [-0.25, -0.2) is 14.2 Å². The molecule has 20 heteroatoms. The van der Waals surface area contributed by atoms with Crippen LogP contribution in [0.3, 0.4) is 0 Å². The second-order valence-electron chi connectivity index (χ2n) is 19.5. The Morgan fingerprint density at radius 2 is 1.05 bits per heavy atom. The molecule has 0 bridgehead atoms. The average Bonchev–Trinajstić information content (AvgIpc) is 4.14. The number of likely N-dealkylation sites (N-methyl/N-ethyl adjacent to an activating group) is 2. The normalized spacial score (nSPS) is 15.7. The van der Waals surface area contributed by atoms with E-state index in [-0.39, 0.29) is 23.7 Å². The second kappa shape index (κ2) is 29.1. The minimum Gasteiger partial charge on any atom is -0.379 e. The van der Waals surface area contributed by atoms with E-state index >= 15 is 0 Å². The van der Waals surface area contributed by atoms with Crippen molar-refractivity contribution in [3.05, 3.63) is 139 Å². The number of urea groups is 1. The van der Waals surface area contributed by atoms with E-state index in [2.05, 4.69) is 91.6 Å².